The molecule has 4 aromatic carbocycles. The summed E-state index contributed by atoms with van der Waals surface area (Å²) in [5, 5.41) is 6.09. The van der Waals surface area contributed by atoms with Crippen LogP contribution in [0.25, 0.3) is 0 Å². The van der Waals surface area contributed by atoms with Crippen molar-refractivity contribution in [3.63, 3.8) is 0 Å². The number of anilines is 2. The summed E-state index contributed by atoms with van der Waals surface area (Å²) in [5.41, 5.74) is 2.33. The number of carbonyl (C=O) groups is 2. The van der Waals surface area contributed by atoms with Crippen LogP contribution in [0, 0.1) is 0 Å². The van der Waals surface area contributed by atoms with Crippen LogP contribution < -0.4 is 20.1 Å². The lowest BCUT2D eigenvalue weighted by atomic mass is 10.1. The zero-order chi connectivity index (χ0) is 27.1. The van der Waals surface area contributed by atoms with Crippen molar-refractivity contribution in [3.05, 3.63) is 112 Å². The van der Waals surface area contributed by atoms with Crippen LogP contribution in [-0.2, 0) is 4.79 Å². The Morgan fingerprint density at radius 2 is 1.45 bits per heavy atom. The maximum absolute atomic E-state index is 13.4. The van der Waals surface area contributed by atoms with E-state index in [4.69, 9.17) is 32.7 Å². The molecule has 0 saturated heterocycles. The molecule has 4 aromatic rings. The van der Waals surface area contributed by atoms with Crippen molar-refractivity contribution in [1.29, 1.82) is 0 Å². The molecule has 2 amide bonds. The number of ether oxygens (including phenoxy) is 2. The van der Waals surface area contributed by atoms with Crippen molar-refractivity contribution < 1.29 is 19.1 Å². The Balaban J connectivity index is 1.54. The summed E-state index contributed by atoms with van der Waals surface area (Å²) in [6.07, 6.45) is 0. The van der Waals surface area contributed by atoms with E-state index in [1.165, 1.54) is 26.0 Å². The summed E-state index contributed by atoms with van der Waals surface area (Å²) in [6.45, 7) is 0. The van der Waals surface area contributed by atoms with Crippen LogP contribution in [0.2, 0.25) is 10.0 Å². The Labute approximate surface area is 235 Å². The van der Waals surface area contributed by atoms with Crippen LogP contribution >= 0.6 is 35.0 Å². The maximum Gasteiger partial charge on any atom is 0.255 e. The summed E-state index contributed by atoms with van der Waals surface area (Å²) < 4.78 is 10.5. The van der Waals surface area contributed by atoms with Gasteiger partial charge in [0.25, 0.3) is 5.91 Å². The van der Waals surface area contributed by atoms with Crippen molar-refractivity contribution in [1.82, 2.24) is 0 Å². The Bertz CT molecular complexity index is 1430. The van der Waals surface area contributed by atoms with Gasteiger partial charge in [-0.1, -0.05) is 59.6 Å². The van der Waals surface area contributed by atoms with E-state index in [0.29, 0.717) is 38.5 Å². The maximum atomic E-state index is 13.4. The third-order valence-corrected chi connectivity index (χ3v) is 7.15. The molecule has 1 unspecified atom stereocenters. The summed E-state index contributed by atoms with van der Waals surface area (Å²) in [4.78, 5) is 27.1. The Kier molecular flexibility index (Phi) is 9.18. The minimum Gasteiger partial charge on any atom is -0.493 e. The summed E-state index contributed by atoms with van der Waals surface area (Å²) in [5.74, 6) is 0.456. The number of methoxy groups -OCH3 is 2. The largest absolute Gasteiger partial charge is 0.493 e. The molecule has 2 N–H and O–H groups in total. The van der Waals surface area contributed by atoms with Gasteiger partial charge in [-0.3, -0.25) is 9.59 Å². The molecule has 0 saturated carbocycles. The topological polar surface area (TPSA) is 76.7 Å². The molecule has 194 valence electrons. The second-order valence-corrected chi connectivity index (χ2v) is 10.2. The molecule has 6 nitrogen and oxygen atoms in total. The second-order valence-electron chi connectivity index (χ2n) is 8.11. The average molecular weight is 567 g/mol. The molecule has 38 heavy (non-hydrogen) atoms. The molecular weight excluding hydrogens is 543 g/mol. The smallest absolute Gasteiger partial charge is 0.255 e. The van der Waals surface area contributed by atoms with Crippen molar-refractivity contribution in [2.45, 2.75) is 10.1 Å². The molecule has 0 heterocycles. The van der Waals surface area contributed by atoms with Crippen molar-refractivity contribution in [2.75, 3.05) is 24.9 Å². The molecule has 4 rings (SSSR count). The predicted molar refractivity (Wildman–Crippen MR) is 154 cm³/mol. The van der Waals surface area contributed by atoms with Crippen LogP contribution in [0.1, 0.15) is 21.2 Å². The molecule has 0 aliphatic heterocycles. The number of amides is 2. The number of rotatable bonds is 9. The summed E-state index contributed by atoms with van der Waals surface area (Å²) in [6, 6.07) is 26.6. The first-order valence-electron chi connectivity index (χ1n) is 11.5. The van der Waals surface area contributed by atoms with Gasteiger partial charge in [-0.15, -0.1) is 11.8 Å². The van der Waals surface area contributed by atoms with Gasteiger partial charge in [-0.25, -0.2) is 0 Å². The first-order valence-corrected chi connectivity index (χ1v) is 13.1. The summed E-state index contributed by atoms with van der Waals surface area (Å²) >= 11 is 13.6. The fourth-order valence-corrected chi connectivity index (χ4v) is 5.31. The number of thioether (sulfide) groups is 1. The Morgan fingerprint density at radius 1 is 0.737 bits per heavy atom. The lowest BCUT2D eigenvalue weighted by molar-refractivity contribution is -0.115. The molecule has 1 atom stereocenters. The summed E-state index contributed by atoms with van der Waals surface area (Å²) in [7, 11) is 3.05. The monoisotopic (exact) mass is 566 g/mol. The van der Waals surface area contributed by atoms with E-state index in [2.05, 4.69) is 10.6 Å². The average Bonchev–Trinajstić information content (AvgIpc) is 2.91. The molecule has 0 aliphatic rings. The number of hydrogen-bond acceptors (Lipinski definition) is 5. The number of halogens is 2. The van der Waals surface area contributed by atoms with E-state index < -0.39 is 5.25 Å². The lowest BCUT2D eigenvalue weighted by Crippen LogP contribution is -2.19. The molecule has 9 heteroatoms. The minimum absolute atomic E-state index is 0.237. The fraction of sp³-hybridized carbons (Fsp3) is 0.103. The highest BCUT2D eigenvalue weighted by Gasteiger charge is 2.23. The van der Waals surface area contributed by atoms with Gasteiger partial charge in [-0.2, -0.15) is 0 Å². The molecule has 0 aliphatic carbocycles. The van der Waals surface area contributed by atoms with Crippen LogP contribution in [0.4, 0.5) is 11.4 Å². The van der Waals surface area contributed by atoms with E-state index in [9.17, 15) is 9.59 Å². The van der Waals surface area contributed by atoms with Crippen LogP contribution in [-0.4, -0.2) is 26.0 Å². The molecule has 0 bridgehead atoms. The highest BCUT2D eigenvalue weighted by atomic mass is 35.5. The predicted octanol–water partition coefficient (Wildman–Crippen LogP) is 7.74. The number of carbonyl (C=O) groups excluding carboxylic acids is 2. The molecule has 0 spiro atoms. The van der Waals surface area contributed by atoms with Gasteiger partial charge in [0.1, 0.15) is 5.25 Å². The quantitative estimate of drug-likeness (QED) is 0.203. The van der Waals surface area contributed by atoms with E-state index in [0.717, 1.165) is 10.5 Å². The second kappa shape index (κ2) is 12.7. The van der Waals surface area contributed by atoms with E-state index >= 15 is 0 Å². The molecule has 0 fully saturated rings. The molecular formula is C29H24Cl2N2O4S. The van der Waals surface area contributed by atoms with E-state index in [1.807, 2.05) is 48.5 Å². The standard InChI is InChI=1S/C29H24Cl2N2O4S/c1-36-25-12-11-19(13-26(25)37-2)28(34)32-22-9-6-10-24(17-22)38-27(18-7-4-3-5-8-18)29(35)33-23-15-20(30)14-21(31)16-23/h3-17,27H,1-2H3,(H,32,34)(H,33,35). The first kappa shape index (κ1) is 27.4. The lowest BCUT2D eigenvalue weighted by Gasteiger charge is -2.18. The van der Waals surface area contributed by atoms with Gasteiger partial charge in [0, 0.05) is 31.9 Å². The van der Waals surface area contributed by atoms with Gasteiger partial charge in [0.05, 0.1) is 14.2 Å². The number of benzene rings is 4. The van der Waals surface area contributed by atoms with Gasteiger partial charge < -0.3 is 20.1 Å². The van der Waals surface area contributed by atoms with Crippen molar-refractivity contribution in [2.24, 2.45) is 0 Å². The van der Waals surface area contributed by atoms with Gasteiger partial charge in [0.15, 0.2) is 11.5 Å². The number of hydrogen-bond donors (Lipinski definition) is 2. The Hall–Kier alpha value is -3.65. The van der Waals surface area contributed by atoms with Crippen molar-refractivity contribution >= 4 is 58.2 Å². The van der Waals surface area contributed by atoms with Gasteiger partial charge >= 0.3 is 0 Å². The SMILES string of the molecule is COc1ccc(C(=O)Nc2cccc(SC(C(=O)Nc3cc(Cl)cc(Cl)c3)c3ccccc3)c2)cc1OC. The number of nitrogens with one attached hydrogen (secondary N) is 2. The highest BCUT2D eigenvalue weighted by molar-refractivity contribution is 8.00. The van der Waals surface area contributed by atoms with E-state index in [1.54, 1.807) is 42.5 Å². The highest BCUT2D eigenvalue weighted by Crippen LogP contribution is 2.38. The van der Waals surface area contributed by atoms with Gasteiger partial charge in [0.2, 0.25) is 5.91 Å². The molecule has 0 radical (unpaired) electrons. The molecule has 0 aromatic heterocycles. The third-order valence-electron chi connectivity index (χ3n) is 5.46. The zero-order valence-corrected chi connectivity index (χ0v) is 22.9. The first-order chi connectivity index (χ1) is 18.4. The van der Waals surface area contributed by atoms with Crippen LogP contribution in [0.3, 0.4) is 0 Å². The third kappa shape index (κ3) is 7.01. The fourth-order valence-electron chi connectivity index (χ4n) is 3.70. The minimum atomic E-state index is -0.578. The van der Waals surface area contributed by atoms with Gasteiger partial charge in [-0.05, 0) is 60.2 Å². The van der Waals surface area contributed by atoms with Crippen LogP contribution in [0.15, 0.2) is 95.9 Å². The Morgan fingerprint density at radius 3 is 2.13 bits per heavy atom. The van der Waals surface area contributed by atoms with Crippen LogP contribution in [0.5, 0.6) is 11.5 Å². The zero-order valence-electron chi connectivity index (χ0n) is 20.5. The van der Waals surface area contributed by atoms with Crippen molar-refractivity contribution in [3.8, 4) is 11.5 Å². The normalized spacial score (nSPS) is 11.4. The van der Waals surface area contributed by atoms with E-state index in [-0.39, 0.29) is 11.8 Å².